The first-order chi connectivity index (χ1) is 11.4. The molecule has 8 nitrogen and oxygen atoms in total. The molecule has 2 N–H and O–H groups in total. The van der Waals surface area contributed by atoms with Crippen LogP contribution in [-0.4, -0.2) is 33.3 Å². The molecule has 0 aliphatic carbocycles. The Morgan fingerprint density at radius 1 is 1.38 bits per heavy atom. The van der Waals surface area contributed by atoms with Crippen LogP contribution in [-0.2, 0) is 4.79 Å². The Hall–Kier alpha value is -1.24. The molecule has 0 aliphatic rings. The van der Waals surface area contributed by atoms with Crippen LogP contribution in [0.15, 0.2) is 25.4 Å². The third-order valence-corrected chi connectivity index (χ3v) is 5.83. The predicted octanol–water partition coefficient (Wildman–Crippen LogP) is 4.13. The van der Waals surface area contributed by atoms with E-state index in [0.717, 1.165) is 6.54 Å². The second kappa shape index (κ2) is 8.74. The van der Waals surface area contributed by atoms with Crippen LogP contribution in [0.3, 0.4) is 0 Å². The number of nitrogens with one attached hydrogen (secondary N) is 2. The standard InChI is InChI=1S/C12H11Br2N5O3S2/c1-2-15-11-17-18-12(24-11)23-5-9(20)16-10-7(13)3-6(19(21)22)4-8(10)14/h3-4H,2,5H2,1H3,(H,15,17)(H,16,20). The number of thioether (sulfide) groups is 1. The molecule has 0 fully saturated rings. The average Bonchev–Trinajstić information content (AvgIpc) is 2.96. The van der Waals surface area contributed by atoms with Crippen LogP contribution in [0, 0.1) is 10.1 Å². The summed E-state index contributed by atoms with van der Waals surface area (Å²) in [5.74, 6) is -0.105. The lowest BCUT2D eigenvalue weighted by Crippen LogP contribution is -2.15. The Bertz CT molecular complexity index is 748. The number of hydrogen-bond donors (Lipinski definition) is 2. The van der Waals surface area contributed by atoms with Crippen LogP contribution in [0.25, 0.3) is 0 Å². The molecule has 1 heterocycles. The highest BCUT2D eigenvalue weighted by molar-refractivity contribution is 9.11. The minimum atomic E-state index is -0.506. The van der Waals surface area contributed by atoms with Crippen molar-refractivity contribution in [3.8, 4) is 0 Å². The highest BCUT2D eigenvalue weighted by atomic mass is 79.9. The molecule has 0 aliphatic heterocycles. The minimum Gasteiger partial charge on any atom is -0.360 e. The molecule has 0 radical (unpaired) electrons. The lowest BCUT2D eigenvalue weighted by Gasteiger charge is -2.09. The van der Waals surface area contributed by atoms with E-state index in [1.54, 1.807) is 0 Å². The van der Waals surface area contributed by atoms with Gasteiger partial charge in [0.25, 0.3) is 5.69 Å². The SMILES string of the molecule is CCNc1nnc(SCC(=O)Nc2c(Br)cc([N+](=O)[O-])cc2Br)s1. The normalized spacial score (nSPS) is 10.5. The number of non-ortho nitro benzene ring substituents is 1. The van der Waals surface area contributed by atoms with Gasteiger partial charge in [0, 0.05) is 27.6 Å². The highest BCUT2D eigenvalue weighted by Gasteiger charge is 2.16. The molecule has 0 bridgehead atoms. The summed E-state index contributed by atoms with van der Waals surface area (Å²) in [5.41, 5.74) is 0.364. The van der Waals surface area contributed by atoms with Crippen LogP contribution >= 0.6 is 55.0 Å². The van der Waals surface area contributed by atoms with Gasteiger partial charge in [0.05, 0.1) is 16.4 Å². The van der Waals surface area contributed by atoms with Gasteiger partial charge in [-0.15, -0.1) is 10.2 Å². The number of rotatable bonds is 7. The van der Waals surface area contributed by atoms with E-state index in [4.69, 9.17) is 0 Å². The molecule has 0 saturated heterocycles. The first-order valence-corrected chi connectivity index (χ1v) is 9.93. The molecule has 1 aromatic carbocycles. The van der Waals surface area contributed by atoms with Crippen LogP contribution in [0.1, 0.15) is 6.92 Å². The summed E-state index contributed by atoms with van der Waals surface area (Å²) >= 11 is 9.10. The van der Waals surface area contributed by atoms with E-state index in [2.05, 4.69) is 52.7 Å². The van der Waals surface area contributed by atoms with Crippen LogP contribution < -0.4 is 10.6 Å². The Balaban J connectivity index is 1.98. The molecule has 0 spiro atoms. The molecular formula is C12H11Br2N5O3S2. The van der Waals surface area contributed by atoms with Crippen LogP contribution in [0.2, 0.25) is 0 Å². The number of anilines is 2. The summed E-state index contributed by atoms with van der Waals surface area (Å²) in [7, 11) is 0. The molecule has 0 saturated carbocycles. The fourth-order valence-corrected chi connectivity index (χ4v) is 4.56. The van der Waals surface area contributed by atoms with Gasteiger partial charge in [-0.2, -0.15) is 0 Å². The molecule has 12 heteroatoms. The van der Waals surface area contributed by atoms with Gasteiger partial charge in [0.15, 0.2) is 4.34 Å². The van der Waals surface area contributed by atoms with Gasteiger partial charge in [0.2, 0.25) is 11.0 Å². The second-order valence-corrected chi connectivity index (χ2v) is 8.19. The van der Waals surface area contributed by atoms with Crippen molar-refractivity contribution < 1.29 is 9.72 Å². The zero-order valence-corrected chi connectivity index (χ0v) is 17.0. The molecule has 2 rings (SSSR count). The number of nitrogens with zero attached hydrogens (tertiary/aromatic N) is 3. The second-order valence-electron chi connectivity index (χ2n) is 4.28. The topological polar surface area (TPSA) is 110 Å². The van der Waals surface area contributed by atoms with Gasteiger partial charge in [-0.25, -0.2) is 0 Å². The fourth-order valence-electron chi connectivity index (χ4n) is 1.58. The van der Waals surface area contributed by atoms with Crippen molar-refractivity contribution in [3.63, 3.8) is 0 Å². The summed E-state index contributed by atoms with van der Waals surface area (Å²) < 4.78 is 1.53. The predicted molar refractivity (Wildman–Crippen MR) is 102 cm³/mol. The first-order valence-electron chi connectivity index (χ1n) is 6.54. The first kappa shape index (κ1) is 19.1. The van der Waals surface area contributed by atoms with Gasteiger partial charge >= 0.3 is 0 Å². The third-order valence-electron chi connectivity index (χ3n) is 2.56. The molecule has 0 atom stereocenters. The quantitative estimate of drug-likeness (QED) is 0.336. The maximum absolute atomic E-state index is 12.1. The van der Waals surface area contributed by atoms with E-state index in [1.165, 1.54) is 35.2 Å². The molecular weight excluding hydrogens is 486 g/mol. The zero-order chi connectivity index (χ0) is 17.7. The fraction of sp³-hybridized carbons (Fsp3) is 0.250. The Morgan fingerprint density at radius 3 is 2.62 bits per heavy atom. The third kappa shape index (κ3) is 5.13. The van der Waals surface area contributed by atoms with Gasteiger partial charge in [-0.3, -0.25) is 14.9 Å². The monoisotopic (exact) mass is 495 g/mol. The van der Waals surface area contributed by atoms with Gasteiger partial charge in [-0.1, -0.05) is 23.1 Å². The van der Waals surface area contributed by atoms with Crippen molar-refractivity contribution in [3.05, 3.63) is 31.2 Å². The van der Waals surface area contributed by atoms with Crippen LogP contribution in [0.5, 0.6) is 0 Å². The molecule has 128 valence electrons. The molecule has 1 aromatic heterocycles. The average molecular weight is 497 g/mol. The Kier molecular flexibility index (Phi) is 6.95. The van der Waals surface area contributed by atoms with Gasteiger partial charge in [0.1, 0.15) is 0 Å². The molecule has 24 heavy (non-hydrogen) atoms. The van der Waals surface area contributed by atoms with Gasteiger partial charge < -0.3 is 10.6 Å². The molecule has 1 amide bonds. The maximum atomic E-state index is 12.1. The van der Waals surface area contributed by atoms with Gasteiger partial charge in [-0.05, 0) is 38.8 Å². The van der Waals surface area contributed by atoms with E-state index < -0.39 is 4.92 Å². The summed E-state index contributed by atoms with van der Waals surface area (Å²) in [6.45, 7) is 2.71. The number of carbonyl (C=O) groups is 1. The van der Waals surface area contributed by atoms with Crippen molar-refractivity contribution in [1.82, 2.24) is 10.2 Å². The van der Waals surface area contributed by atoms with Crippen molar-refractivity contribution in [2.24, 2.45) is 0 Å². The van der Waals surface area contributed by atoms with E-state index in [9.17, 15) is 14.9 Å². The lowest BCUT2D eigenvalue weighted by molar-refractivity contribution is -0.385. The van der Waals surface area contributed by atoms with E-state index >= 15 is 0 Å². The molecule has 0 unspecified atom stereocenters. The molecule has 2 aromatic rings. The van der Waals surface area contributed by atoms with E-state index in [-0.39, 0.29) is 17.3 Å². The smallest absolute Gasteiger partial charge is 0.271 e. The number of nitro benzene ring substituents is 1. The largest absolute Gasteiger partial charge is 0.360 e. The maximum Gasteiger partial charge on any atom is 0.271 e. The van der Waals surface area contributed by atoms with Crippen molar-refractivity contribution in [2.75, 3.05) is 22.9 Å². The number of halogens is 2. The summed E-state index contributed by atoms with van der Waals surface area (Å²) in [4.78, 5) is 22.4. The number of nitro groups is 1. The summed E-state index contributed by atoms with van der Waals surface area (Å²) in [6.07, 6.45) is 0. The number of aromatic nitrogens is 2. The zero-order valence-electron chi connectivity index (χ0n) is 12.2. The lowest BCUT2D eigenvalue weighted by atomic mass is 10.3. The highest BCUT2D eigenvalue weighted by Crippen LogP contribution is 2.35. The van der Waals surface area contributed by atoms with Crippen molar-refractivity contribution in [1.29, 1.82) is 0 Å². The number of benzene rings is 1. The van der Waals surface area contributed by atoms with E-state index in [0.29, 0.717) is 24.1 Å². The summed E-state index contributed by atoms with van der Waals surface area (Å²) in [5, 5.41) is 25.2. The Morgan fingerprint density at radius 2 is 2.04 bits per heavy atom. The minimum absolute atomic E-state index is 0.0778. The van der Waals surface area contributed by atoms with Crippen LogP contribution in [0.4, 0.5) is 16.5 Å². The Labute approximate surface area is 162 Å². The van der Waals surface area contributed by atoms with E-state index in [1.807, 2.05) is 6.92 Å². The van der Waals surface area contributed by atoms with Crippen molar-refractivity contribution >= 4 is 77.4 Å². The van der Waals surface area contributed by atoms with Crippen molar-refractivity contribution in [2.45, 2.75) is 11.3 Å². The number of amides is 1. The number of carbonyl (C=O) groups excluding carboxylic acids is 1. The summed E-state index contributed by atoms with van der Waals surface area (Å²) in [6, 6.07) is 2.67. The number of hydrogen-bond acceptors (Lipinski definition) is 8.